The lowest BCUT2D eigenvalue weighted by Gasteiger charge is -2.31. The van der Waals surface area contributed by atoms with Crippen LogP contribution in [0, 0.1) is 5.41 Å². The number of benzene rings is 1. The molecule has 0 spiro atoms. The number of imidazole rings is 1. The third kappa shape index (κ3) is 3.26. The van der Waals surface area contributed by atoms with Crippen LogP contribution >= 0.6 is 0 Å². The van der Waals surface area contributed by atoms with Crippen molar-refractivity contribution < 1.29 is 8.42 Å². The summed E-state index contributed by atoms with van der Waals surface area (Å²) < 4.78 is 27.4. The van der Waals surface area contributed by atoms with Crippen LogP contribution in [-0.4, -0.2) is 18.4 Å². The van der Waals surface area contributed by atoms with Crippen LogP contribution in [0.3, 0.4) is 0 Å². The topological polar surface area (TPSA) is 74.8 Å². The summed E-state index contributed by atoms with van der Waals surface area (Å²) in [5.74, 6) is 0. The molecular formula is C14H19N3O2S. The zero-order valence-corrected chi connectivity index (χ0v) is 12.6. The monoisotopic (exact) mass is 293 g/mol. The van der Waals surface area contributed by atoms with E-state index in [4.69, 9.17) is 0 Å². The molecule has 108 valence electrons. The standard InChI is InChI=1S/C14H19N3O2S/c1-14(2,3)13(11-7-5-4-6-8-11)17-20(18,19)12-9-15-10-16-12/h4-10,13,17H,1-3H3,(H,15,16). The van der Waals surface area contributed by atoms with Gasteiger partial charge in [0.2, 0.25) is 0 Å². The minimum absolute atomic E-state index is 0.0719. The first-order chi connectivity index (χ1) is 9.31. The van der Waals surface area contributed by atoms with Crippen molar-refractivity contribution in [3.05, 3.63) is 48.4 Å². The Bertz CT molecular complexity index is 643. The number of hydrogen-bond acceptors (Lipinski definition) is 3. The van der Waals surface area contributed by atoms with E-state index in [0.29, 0.717) is 0 Å². The van der Waals surface area contributed by atoms with E-state index in [0.717, 1.165) is 5.56 Å². The van der Waals surface area contributed by atoms with Gasteiger partial charge in [0, 0.05) is 0 Å². The maximum atomic E-state index is 12.3. The molecule has 0 amide bonds. The fourth-order valence-electron chi connectivity index (χ4n) is 2.00. The second-order valence-corrected chi connectivity index (χ2v) is 7.43. The maximum absolute atomic E-state index is 12.3. The summed E-state index contributed by atoms with van der Waals surface area (Å²) in [6.45, 7) is 6.00. The van der Waals surface area contributed by atoms with Crippen LogP contribution in [0.4, 0.5) is 0 Å². The van der Waals surface area contributed by atoms with Crippen LogP contribution in [0.25, 0.3) is 0 Å². The predicted octanol–water partition coefficient (Wildman–Crippen LogP) is 2.48. The summed E-state index contributed by atoms with van der Waals surface area (Å²) in [6, 6.07) is 9.23. The number of aromatic nitrogens is 2. The summed E-state index contributed by atoms with van der Waals surface area (Å²) >= 11 is 0. The zero-order chi connectivity index (χ0) is 14.8. The normalized spacial score (nSPS) is 14.2. The van der Waals surface area contributed by atoms with Crippen molar-refractivity contribution in [2.45, 2.75) is 31.8 Å². The van der Waals surface area contributed by atoms with Crippen molar-refractivity contribution in [2.75, 3.05) is 0 Å². The van der Waals surface area contributed by atoms with Gasteiger partial charge in [-0.3, -0.25) is 0 Å². The lowest BCUT2D eigenvalue weighted by atomic mass is 9.83. The van der Waals surface area contributed by atoms with Gasteiger partial charge in [-0.05, 0) is 11.0 Å². The molecule has 0 aliphatic carbocycles. The van der Waals surface area contributed by atoms with Crippen LogP contribution in [0.1, 0.15) is 32.4 Å². The summed E-state index contributed by atoms with van der Waals surface area (Å²) in [6.07, 6.45) is 2.65. The van der Waals surface area contributed by atoms with E-state index < -0.39 is 10.0 Å². The Balaban J connectivity index is 2.36. The van der Waals surface area contributed by atoms with Crippen molar-refractivity contribution in [1.82, 2.24) is 14.7 Å². The molecule has 2 N–H and O–H groups in total. The van der Waals surface area contributed by atoms with E-state index >= 15 is 0 Å². The van der Waals surface area contributed by atoms with Gasteiger partial charge in [-0.2, -0.15) is 0 Å². The Hall–Kier alpha value is -1.66. The van der Waals surface area contributed by atoms with Gasteiger partial charge in [-0.1, -0.05) is 51.1 Å². The van der Waals surface area contributed by atoms with Gasteiger partial charge in [-0.25, -0.2) is 18.1 Å². The van der Waals surface area contributed by atoms with Crippen LogP contribution in [0.2, 0.25) is 0 Å². The molecule has 0 saturated carbocycles. The maximum Gasteiger partial charge on any atom is 0.258 e. The van der Waals surface area contributed by atoms with Crippen molar-refractivity contribution in [3.8, 4) is 0 Å². The quantitative estimate of drug-likeness (QED) is 0.909. The Kier molecular flexibility index (Phi) is 3.96. The van der Waals surface area contributed by atoms with Crippen molar-refractivity contribution in [3.63, 3.8) is 0 Å². The first-order valence-electron chi connectivity index (χ1n) is 6.36. The highest BCUT2D eigenvalue weighted by atomic mass is 32.2. The molecule has 6 heteroatoms. The van der Waals surface area contributed by atoms with E-state index in [1.165, 1.54) is 12.5 Å². The molecule has 0 radical (unpaired) electrons. The number of nitrogens with zero attached hydrogens (tertiary/aromatic N) is 1. The molecule has 1 atom stereocenters. The summed E-state index contributed by atoms with van der Waals surface area (Å²) in [7, 11) is -3.62. The van der Waals surface area contributed by atoms with Gasteiger partial charge in [0.05, 0.1) is 18.6 Å². The van der Waals surface area contributed by atoms with E-state index in [2.05, 4.69) is 14.7 Å². The molecule has 2 aromatic rings. The van der Waals surface area contributed by atoms with E-state index in [1.807, 2.05) is 51.1 Å². The molecule has 0 aliphatic heterocycles. The average molecular weight is 293 g/mol. The number of nitrogens with one attached hydrogen (secondary N) is 2. The fraction of sp³-hybridized carbons (Fsp3) is 0.357. The first-order valence-corrected chi connectivity index (χ1v) is 7.85. The molecule has 0 fully saturated rings. The first kappa shape index (κ1) is 14.7. The molecule has 0 aliphatic rings. The highest BCUT2D eigenvalue weighted by molar-refractivity contribution is 7.89. The minimum Gasteiger partial charge on any atom is -0.335 e. The van der Waals surface area contributed by atoms with E-state index in [9.17, 15) is 8.42 Å². The predicted molar refractivity (Wildman–Crippen MR) is 77.5 cm³/mol. The molecule has 20 heavy (non-hydrogen) atoms. The minimum atomic E-state index is -3.62. The fourth-order valence-corrected chi connectivity index (χ4v) is 3.33. The van der Waals surface area contributed by atoms with Crippen molar-refractivity contribution in [1.29, 1.82) is 0 Å². The van der Waals surface area contributed by atoms with Crippen LogP contribution in [0.5, 0.6) is 0 Å². The second-order valence-electron chi connectivity index (χ2n) is 5.75. The molecule has 0 saturated heterocycles. The summed E-state index contributed by atoms with van der Waals surface area (Å²) in [5.41, 5.74) is 0.678. The smallest absolute Gasteiger partial charge is 0.258 e. The van der Waals surface area contributed by atoms with Crippen LogP contribution < -0.4 is 4.72 Å². The lowest BCUT2D eigenvalue weighted by molar-refractivity contribution is 0.304. The Morgan fingerprint density at radius 3 is 2.35 bits per heavy atom. The molecule has 1 aromatic carbocycles. The molecule has 1 unspecified atom stereocenters. The second kappa shape index (κ2) is 5.38. The third-order valence-corrected chi connectivity index (χ3v) is 4.38. The Morgan fingerprint density at radius 2 is 1.85 bits per heavy atom. The van der Waals surface area contributed by atoms with E-state index in [-0.39, 0.29) is 16.5 Å². The number of sulfonamides is 1. The molecule has 5 nitrogen and oxygen atoms in total. The zero-order valence-electron chi connectivity index (χ0n) is 11.8. The van der Waals surface area contributed by atoms with E-state index in [1.54, 1.807) is 0 Å². The number of aromatic amines is 1. The number of rotatable bonds is 4. The molecule has 2 rings (SSSR count). The molecule has 1 heterocycles. The summed E-state index contributed by atoms with van der Waals surface area (Å²) in [4.78, 5) is 6.38. The van der Waals surface area contributed by atoms with Gasteiger partial charge in [-0.15, -0.1) is 0 Å². The van der Waals surface area contributed by atoms with Crippen LogP contribution in [-0.2, 0) is 10.0 Å². The van der Waals surface area contributed by atoms with Crippen molar-refractivity contribution in [2.24, 2.45) is 5.41 Å². The third-order valence-electron chi connectivity index (χ3n) is 3.03. The number of hydrogen-bond donors (Lipinski definition) is 2. The molecule has 0 bridgehead atoms. The SMILES string of the molecule is CC(C)(C)C(NS(=O)(=O)c1cnc[nH]1)c1ccccc1. The largest absolute Gasteiger partial charge is 0.335 e. The van der Waals surface area contributed by atoms with Gasteiger partial charge in [0.25, 0.3) is 10.0 Å². The van der Waals surface area contributed by atoms with Crippen LogP contribution in [0.15, 0.2) is 47.9 Å². The van der Waals surface area contributed by atoms with Crippen molar-refractivity contribution >= 4 is 10.0 Å². The van der Waals surface area contributed by atoms with Gasteiger partial charge < -0.3 is 4.98 Å². The number of H-pyrrole nitrogens is 1. The Labute approximate surface area is 119 Å². The lowest BCUT2D eigenvalue weighted by Crippen LogP contribution is -2.36. The Morgan fingerprint density at radius 1 is 1.20 bits per heavy atom. The highest BCUT2D eigenvalue weighted by Gasteiger charge is 2.31. The van der Waals surface area contributed by atoms with Gasteiger partial charge in [0.1, 0.15) is 0 Å². The van der Waals surface area contributed by atoms with Gasteiger partial charge in [0.15, 0.2) is 5.03 Å². The highest BCUT2D eigenvalue weighted by Crippen LogP contribution is 2.33. The molecule has 1 aromatic heterocycles. The molecular weight excluding hydrogens is 274 g/mol. The average Bonchev–Trinajstić information content (AvgIpc) is 2.90. The van der Waals surface area contributed by atoms with Gasteiger partial charge >= 0.3 is 0 Å². The summed E-state index contributed by atoms with van der Waals surface area (Å²) in [5, 5.41) is 0.0719.